The van der Waals surface area contributed by atoms with Gasteiger partial charge in [0.15, 0.2) is 0 Å². The summed E-state index contributed by atoms with van der Waals surface area (Å²) in [6.45, 7) is 5.78. The topological polar surface area (TPSA) is 58.6 Å². The third-order valence-electron chi connectivity index (χ3n) is 4.79. The Hall–Kier alpha value is -2.21. The number of benzene rings is 2. The van der Waals surface area contributed by atoms with Crippen LogP contribution < -0.4 is 14.4 Å². The molecule has 1 aliphatic heterocycles. The van der Waals surface area contributed by atoms with Gasteiger partial charge < -0.3 is 9.64 Å². The number of ether oxygens (including phenoxy) is 1. The van der Waals surface area contributed by atoms with Gasteiger partial charge in [-0.05, 0) is 74.2 Å². The molecule has 0 bridgehead atoms. The van der Waals surface area contributed by atoms with E-state index in [1.54, 1.807) is 26.2 Å². The molecule has 2 aromatic carbocycles. The average Bonchev–Trinajstić information content (AvgIpc) is 3.12. The molecule has 0 amide bonds. The zero-order valence-corrected chi connectivity index (χ0v) is 15.7. The molecule has 1 saturated heterocycles. The molecular formula is C19H24N2O3S. The highest BCUT2D eigenvalue weighted by Gasteiger charge is 2.20. The Morgan fingerprint density at radius 3 is 2.20 bits per heavy atom. The van der Waals surface area contributed by atoms with Gasteiger partial charge in [-0.2, -0.15) is 0 Å². The highest BCUT2D eigenvalue weighted by Crippen LogP contribution is 2.29. The number of methoxy groups -OCH3 is 1. The van der Waals surface area contributed by atoms with Gasteiger partial charge in [0.05, 0.1) is 12.0 Å². The molecule has 0 unspecified atom stereocenters. The monoisotopic (exact) mass is 360 g/mol. The summed E-state index contributed by atoms with van der Waals surface area (Å²) in [4.78, 5) is 2.59. The van der Waals surface area contributed by atoms with E-state index in [1.165, 1.54) is 12.8 Å². The summed E-state index contributed by atoms with van der Waals surface area (Å²) in [7, 11) is -2.06. The van der Waals surface area contributed by atoms with Gasteiger partial charge in [-0.15, -0.1) is 0 Å². The molecule has 6 heteroatoms. The molecule has 5 nitrogen and oxygen atoms in total. The Morgan fingerprint density at radius 2 is 1.60 bits per heavy atom. The average molecular weight is 360 g/mol. The van der Waals surface area contributed by atoms with Gasteiger partial charge in [-0.1, -0.05) is 0 Å². The molecule has 1 N–H and O–H groups in total. The lowest BCUT2D eigenvalue weighted by Crippen LogP contribution is -2.18. The van der Waals surface area contributed by atoms with Crippen molar-refractivity contribution in [3.63, 3.8) is 0 Å². The van der Waals surface area contributed by atoms with E-state index in [2.05, 4.69) is 9.62 Å². The van der Waals surface area contributed by atoms with Crippen molar-refractivity contribution in [2.45, 2.75) is 31.6 Å². The molecule has 25 heavy (non-hydrogen) atoms. The normalized spacial score (nSPS) is 14.6. The van der Waals surface area contributed by atoms with Crippen LogP contribution in [0.15, 0.2) is 41.3 Å². The summed E-state index contributed by atoms with van der Waals surface area (Å²) >= 11 is 0. The Morgan fingerprint density at radius 1 is 0.960 bits per heavy atom. The van der Waals surface area contributed by atoms with E-state index < -0.39 is 10.0 Å². The van der Waals surface area contributed by atoms with Crippen LogP contribution in [-0.2, 0) is 10.0 Å². The van der Waals surface area contributed by atoms with Gasteiger partial charge in [0.2, 0.25) is 0 Å². The standard InChI is InChI=1S/C19H24N2O3S/c1-14-15(2)19(11-10-18(14)24-3)25(22,23)20-16-6-8-17(9-7-16)21-12-4-5-13-21/h6-11,20H,4-5,12-13H2,1-3H3. The predicted molar refractivity (Wildman–Crippen MR) is 101 cm³/mol. The summed E-state index contributed by atoms with van der Waals surface area (Å²) in [5, 5.41) is 0. The van der Waals surface area contributed by atoms with Crippen molar-refractivity contribution in [1.82, 2.24) is 0 Å². The number of rotatable bonds is 5. The predicted octanol–water partition coefficient (Wildman–Crippen LogP) is 3.71. The fourth-order valence-electron chi connectivity index (χ4n) is 3.21. The largest absolute Gasteiger partial charge is 0.496 e. The zero-order valence-electron chi connectivity index (χ0n) is 14.9. The summed E-state index contributed by atoms with van der Waals surface area (Å²) in [5.74, 6) is 0.686. The van der Waals surface area contributed by atoms with Crippen molar-refractivity contribution in [3.8, 4) is 5.75 Å². The number of hydrogen-bond donors (Lipinski definition) is 1. The maximum atomic E-state index is 12.8. The van der Waals surface area contributed by atoms with Gasteiger partial charge in [0.25, 0.3) is 10.0 Å². The van der Waals surface area contributed by atoms with E-state index in [0.29, 0.717) is 17.0 Å². The minimum Gasteiger partial charge on any atom is -0.496 e. The van der Waals surface area contributed by atoms with Crippen molar-refractivity contribution >= 4 is 21.4 Å². The van der Waals surface area contributed by atoms with Crippen LogP contribution in [0.4, 0.5) is 11.4 Å². The number of sulfonamides is 1. The molecule has 0 spiro atoms. The molecule has 0 saturated carbocycles. The molecule has 0 aliphatic carbocycles. The summed E-state index contributed by atoms with van der Waals surface area (Å²) in [6, 6.07) is 10.8. The van der Waals surface area contributed by atoms with Crippen LogP contribution in [0.3, 0.4) is 0 Å². The van der Waals surface area contributed by atoms with Crippen molar-refractivity contribution < 1.29 is 13.2 Å². The Bertz CT molecular complexity index is 855. The van der Waals surface area contributed by atoms with E-state index in [4.69, 9.17) is 4.74 Å². The number of anilines is 2. The molecule has 1 heterocycles. The Balaban J connectivity index is 1.83. The maximum Gasteiger partial charge on any atom is 0.262 e. The van der Waals surface area contributed by atoms with Crippen LogP contribution in [-0.4, -0.2) is 28.6 Å². The first-order valence-electron chi connectivity index (χ1n) is 8.44. The fourth-order valence-corrected chi connectivity index (χ4v) is 4.57. The molecule has 1 fully saturated rings. The van der Waals surface area contributed by atoms with E-state index in [9.17, 15) is 8.42 Å². The lowest BCUT2D eigenvalue weighted by molar-refractivity contribution is 0.411. The van der Waals surface area contributed by atoms with Crippen molar-refractivity contribution in [1.29, 1.82) is 0 Å². The highest BCUT2D eigenvalue weighted by atomic mass is 32.2. The molecule has 3 rings (SSSR count). The highest BCUT2D eigenvalue weighted by molar-refractivity contribution is 7.92. The first-order valence-corrected chi connectivity index (χ1v) is 9.93. The van der Waals surface area contributed by atoms with Crippen LogP contribution in [0.1, 0.15) is 24.0 Å². The van der Waals surface area contributed by atoms with Gasteiger partial charge in [-0.25, -0.2) is 8.42 Å². The maximum absolute atomic E-state index is 12.8. The number of hydrogen-bond acceptors (Lipinski definition) is 4. The van der Waals surface area contributed by atoms with Crippen molar-refractivity contribution in [2.24, 2.45) is 0 Å². The molecule has 2 aromatic rings. The fraction of sp³-hybridized carbons (Fsp3) is 0.368. The SMILES string of the molecule is COc1ccc(S(=O)(=O)Nc2ccc(N3CCCC3)cc2)c(C)c1C. The van der Waals surface area contributed by atoms with E-state index in [-0.39, 0.29) is 4.90 Å². The van der Waals surface area contributed by atoms with Crippen LogP contribution in [0.25, 0.3) is 0 Å². The molecule has 0 atom stereocenters. The molecule has 0 radical (unpaired) electrons. The Labute approximate surface area is 149 Å². The summed E-state index contributed by atoms with van der Waals surface area (Å²) in [5.41, 5.74) is 3.23. The molecule has 1 aliphatic rings. The second-order valence-electron chi connectivity index (χ2n) is 6.36. The second kappa shape index (κ2) is 6.96. The lowest BCUT2D eigenvalue weighted by atomic mass is 10.1. The lowest BCUT2D eigenvalue weighted by Gasteiger charge is -2.18. The summed E-state index contributed by atoms with van der Waals surface area (Å²) < 4.78 is 33.4. The molecule has 134 valence electrons. The quantitative estimate of drug-likeness (QED) is 0.883. The minimum absolute atomic E-state index is 0.273. The molecule has 0 aromatic heterocycles. The van der Waals surface area contributed by atoms with Gasteiger partial charge in [0.1, 0.15) is 5.75 Å². The van der Waals surface area contributed by atoms with Crippen LogP contribution in [0.5, 0.6) is 5.75 Å². The summed E-state index contributed by atoms with van der Waals surface area (Å²) in [6.07, 6.45) is 2.43. The third-order valence-corrected chi connectivity index (χ3v) is 6.31. The van der Waals surface area contributed by atoms with Crippen LogP contribution in [0, 0.1) is 13.8 Å². The minimum atomic E-state index is -3.64. The zero-order chi connectivity index (χ0) is 18.0. The second-order valence-corrected chi connectivity index (χ2v) is 8.01. The van der Waals surface area contributed by atoms with Crippen molar-refractivity contribution in [2.75, 3.05) is 29.8 Å². The van der Waals surface area contributed by atoms with E-state index in [0.717, 1.165) is 24.3 Å². The first-order chi connectivity index (χ1) is 11.9. The van der Waals surface area contributed by atoms with Crippen molar-refractivity contribution in [3.05, 3.63) is 47.5 Å². The Kier molecular flexibility index (Phi) is 4.90. The number of nitrogens with zero attached hydrogens (tertiary/aromatic N) is 1. The number of nitrogens with one attached hydrogen (secondary N) is 1. The van der Waals surface area contributed by atoms with E-state index in [1.807, 2.05) is 31.2 Å². The van der Waals surface area contributed by atoms with E-state index >= 15 is 0 Å². The van der Waals surface area contributed by atoms with Gasteiger partial charge in [-0.3, -0.25) is 4.72 Å². The third kappa shape index (κ3) is 3.58. The molecular weight excluding hydrogens is 336 g/mol. The smallest absolute Gasteiger partial charge is 0.262 e. The van der Waals surface area contributed by atoms with Crippen LogP contribution in [0.2, 0.25) is 0 Å². The van der Waals surface area contributed by atoms with Gasteiger partial charge >= 0.3 is 0 Å². The first kappa shape index (κ1) is 17.6. The van der Waals surface area contributed by atoms with Crippen LogP contribution >= 0.6 is 0 Å². The van der Waals surface area contributed by atoms with Gasteiger partial charge in [0, 0.05) is 24.5 Å².